The Bertz CT molecular complexity index is 149. The van der Waals surface area contributed by atoms with Gasteiger partial charge in [0.05, 0.1) is 12.4 Å². The van der Waals surface area contributed by atoms with Crippen molar-refractivity contribution in [3.8, 4) is 12.3 Å². The molecule has 1 heterocycles. The summed E-state index contributed by atoms with van der Waals surface area (Å²) in [5.41, 5.74) is 0. The molecule has 1 saturated heterocycles. The fourth-order valence-electron chi connectivity index (χ4n) is 0.670. The van der Waals surface area contributed by atoms with E-state index in [0.29, 0.717) is 12.4 Å². The van der Waals surface area contributed by atoms with Crippen molar-refractivity contribution in [2.24, 2.45) is 5.92 Å². The van der Waals surface area contributed by atoms with Crippen molar-refractivity contribution < 1.29 is 8.39 Å². The summed E-state index contributed by atoms with van der Waals surface area (Å²) in [7, 11) is 0. The summed E-state index contributed by atoms with van der Waals surface area (Å²) in [6, 6.07) is 0. The number of rotatable bonds is 0. The second-order valence-electron chi connectivity index (χ2n) is 1.94. The second kappa shape index (κ2) is 3.00. The van der Waals surface area contributed by atoms with Crippen molar-refractivity contribution in [3.63, 3.8) is 0 Å². The molecule has 3 heteroatoms. The van der Waals surface area contributed by atoms with E-state index in [4.69, 9.17) is 10.6 Å². The number of terminal acetylenes is 1. The molecule has 0 aromatic heterocycles. The van der Waals surface area contributed by atoms with Gasteiger partial charge in [-0.2, -0.15) is 0 Å². The van der Waals surface area contributed by atoms with E-state index in [9.17, 15) is 4.21 Å². The molecular formula is C6H8O2S. The van der Waals surface area contributed by atoms with Crippen LogP contribution < -0.4 is 0 Å². The topological polar surface area (TPSA) is 26.3 Å². The van der Waals surface area contributed by atoms with Gasteiger partial charge in [-0.05, 0) is 6.42 Å². The maximum Gasteiger partial charge on any atom is 0.155 e. The minimum absolute atomic E-state index is 0.183. The highest BCUT2D eigenvalue weighted by atomic mass is 32.2. The second-order valence-corrected chi connectivity index (χ2v) is 3.20. The zero-order chi connectivity index (χ0) is 6.69. The number of hydrogen-bond acceptors (Lipinski definition) is 2. The van der Waals surface area contributed by atoms with Gasteiger partial charge in [0, 0.05) is 5.92 Å². The molecule has 9 heavy (non-hydrogen) atoms. The molecule has 0 spiro atoms. The Morgan fingerprint density at radius 2 is 2.56 bits per heavy atom. The monoisotopic (exact) mass is 144 g/mol. The van der Waals surface area contributed by atoms with Gasteiger partial charge in [-0.1, -0.05) is 0 Å². The molecule has 1 fully saturated rings. The highest BCUT2D eigenvalue weighted by molar-refractivity contribution is 7.80. The molecule has 0 aromatic rings. The molecule has 1 aliphatic rings. The minimum atomic E-state index is -1.06. The molecule has 0 aromatic carbocycles. The summed E-state index contributed by atoms with van der Waals surface area (Å²) in [6.45, 7) is 0.461. The van der Waals surface area contributed by atoms with Crippen LogP contribution in [0.15, 0.2) is 0 Å². The Balaban J connectivity index is 2.37. The van der Waals surface area contributed by atoms with Gasteiger partial charge in [-0.15, -0.1) is 12.3 Å². The molecule has 0 amide bonds. The molecular weight excluding hydrogens is 136 g/mol. The third-order valence-electron chi connectivity index (χ3n) is 1.27. The van der Waals surface area contributed by atoms with Gasteiger partial charge in [0.15, 0.2) is 11.1 Å². The molecule has 0 bridgehead atoms. The predicted molar refractivity (Wildman–Crippen MR) is 35.9 cm³/mol. The third-order valence-corrected chi connectivity index (χ3v) is 2.24. The zero-order valence-corrected chi connectivity index (χ0v) is 5.82. The van der Waals surface area contributed by atoms with Crippen LogP contribution in [-0.4, -0.2) is 16.6 Å². The fraction of sp³-hybridized carbons (Fsp3) is 0.667. The van der Waals surface area contributed by atoms with Gasteiger partial charge in [0.1, 0.15) is 0 Å². The van der Waals surface area contributed by atoms with E-state index in [1.54, 1.807) is 0 Å². The first-order valence-electron chi connectivity index (χ1n) is 2.80. The standard InChI is InChI=1S/C6H8O2S/c1-2-6-3-4-9(7)8-5-6/h1,6H,3-5H2. The first-order chi connectivity index (χ1) is 4.33. The summed E-state index contributed by atoms with van der Waals surface area (Å²) in [5.74, 6) is 3.34. The Hall–Kier alpha value is -0.330. The lowest BCUT2D eigenvalue weighted by Gasteiger charge is -2.15. The molecule has 2 unspecified atom stereocenters. The molecule has 0 saturated carbocycles. The van der Waals surface area contributed by atoms with Crippen molar-refractivity contribution in [3.05, 3.63) is 0 Å². The van der Waals surface area contributed by atoms with Gasteiger partial charge in [-0.25, -0.2) is 4.21 Å². The van der Waals surface area contributed by atoms with E-state index >= 15 is 0 Å². The largest absolute Gasteiger partial charge is 0.289 e. The molecule has 2 nitrogen and oxygen atoms in total. The van der Waals surface area contributed by atoms with Crippen LogP contribution in [0.1, 0.15) is 6.42 Å². The van der Waals surface area contributed by atoms with E-state index in [-0.39, 0.29) is 5.92 Å². The van der Waals surface area contributed by atoms with Crippen LogP contribution in [0.25, 0.3) is 0 Å². The summed E-state index contributed by atoms with van der Waals surface area (Å²) in [4.78, 5) is 0. The highest BCUT2D eigenvalue weighted by Gasteiger charge is 2.15. The Labute approximate surface area is 57.3 Å². The lowest BCUT2D eigenvalue weighted by atomic mass is 10.1. The average molecular weight is 144 g/mol. The molecule has 1 rings (SSSR count). The Morgan fingerprint density at radius 3 is 3.00 bits per heavy atom. The maximum atomic E-state index is 10.5. The summed E-state index contributed by atoms with van der Waals surface area (Å²) >= 11 is -1.06. The van der Waals surface area contributed by atoms with Crippen LogP contribution in [0.4, 0.5) is 0 Å². The van der Waals surface area contributed by atoms with Gasteiger partial charge in [0.2, 0.25) is 0 Å². The van der Waals surface area contributed by atoms with Crippen molar-refractivity contribution >= 4 is 11.1 Å². The SMILES string of the molecule is C#CC1CCS(=O)OC1. The van der Waals surface area contributed by atoms with E-state index in [1.165, 1.54) is 0 Å². The summed E-state index contributed by atoms with van der Waals surface area (Å²) < 4.78 is 15.4. The quantitative estimate of drug-likeness (QED) is 0.458. The van der Waals surface area contributed by atoms with Crippen LogP contribution in [0.3, 0.4) is 0 Å². The van der Waals surface area contributed by atoms with Crippen molar-refractivity contribution in [1.82, 2.24) is 0 Å². The van der Waals surface area contributed by atoms with Crippen molar-refractivity contribution in [2.45, 2.75) is 6.42 Å². The molecule has 2 atom stereocenters. The highest BCUT2D eigenvalue weighted by Crippen LogP contribution is 2.10. The smallest absolute Gasteiger partial charge is 0.155 e. The predicted octanol–water partition coefficient (Wildman–Crippen LogP) is 0.320. The van der Waals surface area contributed by atoms with Gasteiger partial charge in [-0.3, -0.25) is 4.18 Å². The fourth-order valence-corrected chi connectivity index (χ4v) is 1.58. The molecule has 0 aliphatic carbocycles. The Kier molecular flexibility index (Phi) is 2.26. The van der Waals surface area contributed by atoms with Crippen LogP contribution in [0.2, 0.25) is 0 Å². The van der Waals surface area contributed by atoms with Crippen LogP contribution in [0, 0.1) is 18.3 Å². The molecule has 1 aliphatic heterocycles. The van der Waals surface area contributed by atoms with Gasteiger partial charge >= 0.3 is 0 Å². The van der Waals surface area contributed by atoms with Crippen LogP contribution in [-0.2, 0) is 15.3 Å². The van der Waals surface area contributed by atoms with E-state index in [1.807, 2.05) is 0 Å². The van der Waals surface area contributed by atoms with Crippen molar-refractivity contribution in [2.75, 3.05) is 12.4 Å². The average Bonchev–Trinajstić information content (AvgIpc) is 1.90. The molecule has 0 radical (unpaired) electrons. The van der Waals surface area contributed by atoms with E-state index < -0.39 is 11.1 Å². The maximum absolute atomic E-state index is 10.5. The normalized spacial score (nSPS) is 35.4. The van der Waals surface area contributed by atoms with Crippen molar-refractivity contribution in [1.29, 1.82) is 0 Å². The summed E-state index contributed by atoms with van der Waals surface area (Å²) in [6.07, 6.45) is 5.96. The third kappa shape index (κ3) is 1.81. The lowest BCUT2D eigenvalue weighted by molar-refractivity contribution is 0.283. The molecule has 50 valence electrons. The zero-order valence-electron chi connectivity index (χ0n) is 5.00. The van der Waals surface area contributed by atoms with E-state index in [0.717, 1.165) is 6.42 Å². The first kappa shape index (κ1) is 6.79. The summed E-state index contributed by atoms with van der Waals surface area (Å²) in [5, 5.41) is 0. The lowest BCUT2D eigenvalue weighted by Crippen LogP contribution is -2.19. The Morgan fingerprint density at radius 1 is 1.78 bits per heavy atom. The van der Waals surface area contributed by atoms with Gasteiger partial charge in [0.25, 0.3) is 0 Å². The van der Waals surface area contributed by atoms with Crippen LogP contribution in [0.5, 0.6) is 0 Å². The molecule has 0 N–H and O–H groups in total. The number of hydrogen-bond donors (Lipinski definition) is 0. The van der Waals surface area contributed by atoms with E-state index in [2.05, 4.69) is 5.92 Å². The van der Waals surface area contributed by atoms with Crippen LogP contribution >= 0.6 is 0 Å². The minimum Gasteiger partial charge on any atom is -0.289 e. The van der Waals surface area contributed by atoms with Gasteiger partial charge < -0.3 is 0 Å². The first-order valence-corrected chi connectivity index (χ1v) is 4.05.